The van der Waals surface area contributed by atoms with E-state index >= 15 is 0 Å². The van der Waals surface area contributed by atoms with Gasteiger partial charge in [0.1, 0.15) is 10.1 Å². The fourth-order valence-corrected chi connectivity index (χ4v) is 2.90. The van der Waals surface area contributed by atoms with Crippen molar-refractivity contribution in [1.29, 1.82) is 0 Å². The number of nitrogens with zero attached hydrogens (tertiary/aromatic N) is 1. The molecule has 1 aromatic carbocycles. The van der Waals surface area contributed by atoms with Crippen LogP contribution in [-0.2, 0) is 11.2 Å². The molecular formula is C12H12FNOS2. The summed E-state index contributed by atoms with van der Waals surface area (Å²) in [7, 11) is 0. The summed E-state index contributed by atoms with van der Waals surface area (Å²) in [5.41, 5.74) is 0.970. The number of thiocarbonyl (C=S) groups is 1. The summed E-state index contributed by atoms with van der Waals surface area (Å²) in [6.07, 6.45) is 1.05. The van der Waals surface area contributed by atoms with Gasteiger partial charge in [-0.2, -0.15) is 0 Å². The van der Waals surface area contributed by atoms with Gasteiger partial charge in [-0.15, -0.1) is 0 Å². The zero-order valence-electron chi connectivity index (χ0n) is 9.19. The minimum Gasteiger partial charge on any atom is -0.297 e. The lowest BCUT2D eigenvalue weighted by Crippen LogP contribution is -2.30. The molecule has 1 aromatic rings. The highest BCUT2D eigenvalue weighted by molar-refractivity contribution is 8.23. The first-order valence-corrected chi connectivity index (χ1v) is 6.78. The molecule has 2 nitrogen and oxygen atoms in total. The van der Waals surface area contributed by atoms with E-state index in [4.69, 9.17) is 12.2 Å². The molecular weight excluding hydrogens is 257 g/mol. The Morgan fingerprint density at radius 1 is 1.41 bits per heavy atom. The minimum atomic E-state index is -0.253. The lowest BCUT2D eigenvalue weighted by atomic mass is 10.1. The number of amides is 1. The third-order valence-electron chi connectivity index (χ3n) is 2.60. The summed E-state index contributed by atoms with van der Waals surface area (Å²) in [6.45, 7) is 0.714. The summed E-state index contributed by atoms with van der Waals surface area (Å²) < 4.78 is 13.4. The van der Waals surface area contributed by atoms with Crippen molar-refractivity contribution in [3.63, 3.8) is 0 Å². The van der Waals surface area contributed by atoms with Gasteiger partial charge in [0.15, 0.2) is 0 Å². The summed E-state index contributed by atoms with van der Waals surface area (Å²) in [5.74, 6) is 0.697. The maximum Gasteiger partial charge on any atom is 0.228 e. The van der Waals surface area contributed by atoms with Crippen molar-refractivity contribution in [2.24, 2.45) is 0 Å². The van der Waals surface area contributed by atoms with E-state index in [1.165, 1.54) is 12.1 Å². The Hall–Kier alpha value is -0.940. The molecule has 0 radical (unpaired) electrons. The predicted octanol–water partition coefficient (Wildman–Crippen LogP) is 2.62. The Morgan fingerprint density at radius 2 is 2.12 bits per heavy atom. The quantitative estimate of drug-likeness (QED) is 0.787. The second-order valence-electron chi connectivity index (χ2n) is 3.79. The summed E-state index contributed by atoms with van der Waals surface area (Å²) in [5, 5.41) is 0. The highest BCUT2D eigenvalue weighted by Crippen LogP contribution is 2.19. The number of benzene rings is 1. The first kappa shape index (κ1) is 12.5. The fourth-order valence-electron chi connectivity index (χ4n) is 1.66. The molecule has 0 unspecified atom stereocenters. The van der Waals surface area contributed by atoms with Crippen LogP contribution < -0.4 is 0 Å². The van der Waals surface area contributed by atoms with Crippen molar-refractivity contribution in [3.05, 3.63) is 35.6 Å². The molecule has 0 aromatic heterocycles. The van der Waals surface area contributed by atoms with Gasteiger partial charge in [0.25, 0.3) is 0 Å². The normalized spacial score (nSPS) is 15.4. The third-order valence-corrected chi connectivity index (χ3v) is 4.03. The van der Waals surface area contributed by atoms with Crippen LogP contribution in [0.4, 0.5) is 4.39 Å². The zero-order valence-corrected chi connectivity index (χ0v) is 10.8. The second-order valence-corrected chi connectivity index (χ2v) is 5.51. The molecule has 1 aliphatic heterocycles. The lowest BCUT2D eigenvalue weighted by molar-refractivity contribution is -0.126. The molecule has 0 N–H and O–H groups in total. The third kappa shape index (κ3) is 3.26. The number of rotatable bonds is 3. The van der Waals surface area contributed by atoms with Gasteiger partial charge < -0.3 is 0 Å². The van der Waals surface area contributed by atoms with Gasteiger partial charge in [0.2, 0.25) is 5.91 Å². The smallest absolute Gasteiger partial charge is 0.228 e. The Labute approximate surface area is 109 Å². The molecule has 0 saturated carbocycles. The van der Waals surface area contributed by atoms with Crippen LogP contribution in [0.25, 0.3) is 0 Å². The molecule has 0 aliphatic carbocycles. The number of hydrogen-bond acceptors (Lipinski definition) is 3. The van der Waals surface area contributed by atoms with Crippen molar-refractivity contribution in [2.45, 2.75) is 12.8 Å². The molecule has 5 heteroatoms. The van der Waals surface area contributed by atoms with Gasteiger partial charge in [-0.05, 0) is 24.1 Å². The molecule has 1 amide bonds. The Bertz CT molecular complexity index is 433. The van der Waals surface area contributed by atoms with Crippen molar-refractivity contribution in [2.75, 3.05) is 12.3 Å². The van der Waals surface area contributed by atoms with E-state index < -0.39 is 0 Å². The molecule has 17 heavy (non-hydrogen) atoms. The number of aryl methyl sites for hydroxylation is 1. The minimum absolute atomic E-state index is 0.0596. The Balaban J connectivity index is 1.87. The van der Waals surface area contributed by atoms with E-state index in [-0.39, 0.29) is 11.7 Å². The average Bonchev–Trinajstić information content (AvgIpc) is 2.74. The molecule has 0 spiro atoms. The average molecular weight is 269 g/mol. The number of hydrogen-bond donors (Lipinski definition) is 0. The maximum absolute atomic E-state index is 12.7. The molecule has 1 saturated heterocycles. The van der Waals surface area contributed by atoms with Crippen LogP contribution in [0.3, 0.4) is 0 Å². The van der Waals surface area contributed by atoms with E-state index in [9.17, 15) is 9.18 Å². The first-order valence-electron chi connectivity index (χ1n) is 5.38. The van der Waals surface area contributed by atoms with E-state index in [1.54, 1.807) is 28.8 Å². The molecule has 0 bridgehead atoms. The van der Waals surface area contributed by atoms with Crippen LogP contribution in [0.15, 0.2) is 24.3 Å². The Morgan fingerprint density at radius 3 is 2.71 bits per heavy atom. The fraction of sp³-hybridized carbons (Fsp3) is 0.333. The lowest BCUT2D eigenvalue weighted by Gasteiger charge is -2.14. The number of thioether (sulfide) groups is 1. The molecule has 1 fully saturated rings. The SMILES string of the molecule is O=C(CCc1ccc(F)cc1)N1CCSC1=S. The van der Waals surface area contributed by atoms with Gasteiger partial charge >= 0.3 is 0 Å². The van der Waals surface area contributed by atoms with Crippen LogP contribution >= 0.6 is 24.0 Å². The highest BCUT2D eigenvalue weighted by Gasteiger charge is 2.23. The second kappa shape index (κ2) is 5.60. The van der Waals surface area contributed by atoms with Gasteiger partial charge in [-0.1, -0.05) is 36.1 Å². The van der Waals surface area contributed by atoms with Crippen LogP contribution in [0.5, 0.6) is 0 Å². The van der Waals surface area contributed by atoms with Crippen molar-refractivity contribution >= 4 is 34.2 Å². The number of carbonyl (C=O) groups is 1. The van der Waals surface area contributed by atoms with E-state index in [0.29, 0.717) is 23.7 Å². The van der Waals surface area contributed by atoms with Crippen LogP contribution in [0.2, 0.25) is 0 Å². The number of halogens is 1. The molecule has 90 valence electrons. The van der Waals surface area contributed by atoms with Crippen LogP contribution in [0, 0.1) is 5.82 Å². The van der Waals surface area contributed by atoms with E-state index in [2.05, 4.69) is 0 Å². The highest BCUT2D eigenvalue weighted by atomic mass is 32.2. The predicted molar refractivity (Wildman–Crippen MR) is 71.5 cm³/mol. The molecule has 1 heterocycles. The van der Waals surface area contributed by atoms with E-state index in [1.807, 2.05) is 0 Å². The largest absolute Gasteiger partial charge is 0.297 e. The standard InChI is InChI=1S/C12H12FNOS2/c13-10-4-1-9(2-5-10)3-6-11(15)14-7-8-17-12(14)16/h1-2,4-5H,3,6-8H2. The number of carbonyl (C=O) groups excluding carboxylic acids is 1. The molecule has 2 rings (SSSR count). The summed E-state index contributed by atoms with van der Waals surface area (Å²) >= 11 is 6.63. The Kier molecular flexibility index (Phi) is 4.12. The van der Waals surface area contributed by atoms with Crippen LogP contribution in [0.1, 0.15) is 12.0 Å². The monoisotopic (exact) mass is 269 g/mol. The van der Waals surface area contributed by atoms with Crippen molar-refractivity contribution in [1.82, 2.24) is 4.90 Å². The van der Waals surface area contributed by atoms with Gasteiger partial charge in [0.05, 0.1) is 0 Å². The van der Waals surface area contributed by atoms with Gasteiger partial charge in [0, 0.05) is 18.7 Å². The van der Waals surface area contributed by atoms with Crippen molar-refractivity contribution < 1.29 is 9.18 Å². The maximum atomic E-state index is 12.7. The molecule has 1 aliphatic rings. The van der Waals surface area contributed by atoms with Crippen LogP contribution in [-0.4, -0.2) is 27.4 Å². The summed E-state index contributed by atoms with van der Waals surface area (Å²) in [4.78, 5) is 13.5. The van der Waals surface area contributed by atoms with Gasteiger partial charge in [-0.25, -0.2) is 4.39 Å². The summed E-state index contributed by atoms with van der Waals surface area (Å²) in [6, 6.07) is 6.24. The van der Waals surface area contributed by atoms with Gasteiger partial charge in [-0.3, -0.25) is 9.69 Å². The first-order chi connectivity index (χ1) is 8.16. The topological polar surface area (TPSA) is 20.3 Å². The van der Waals surface area contributed by atoms with Crippen molar-refractivity contribution in [3.8, 4) is 0 Å². The molecule has 0 atom stereocenters. The van der Waals surface area contributed by atoms with E-state index in [0.717, 1.165) is 11.3 Å². The zero-order chi connectivity index (χ0) is 12.3.